The van der Waals surface area contributed by atoms with Crippen molar-refractivity contribution in [2.45, 2.75) is 13.8 Å². The molecule has 0 aliphatic heterocycles. The molecule has 1 aromatic heterocycles. The Kier molecular flexibility index (Phi) is 8.34. The summed E-state index contributed by atoms with van der Waals surface area (Å²) in [4.78, 5) is 25.5. The Morgan fingerprint density at radius 1 is 1.31 bits per heavy atom. The number of carbonyl (C=O) groups is 1. The van der Waals surface area contributed by atoms with E-state index in [9.17, 15) is 14.9 Å². The lowest BCUT2D eigenvalue weighted by atomic mass is 10.2. The molecule has 0 amide bonds. The van der Waals surface area contributed by atoms with E-state index in [1.807, 2.05) is 6.92 Å². The van der Waals surface area contributed by atoms with Gasteiger partial charge in [0.15, 0.2) is 18.1 Å². The molecule has 29 heavy (non-hydrogen) atoms. The molecule has 2 rings (SSSR count). The molecular weight excluding hydrogens is 448 g/mol. The predicted molar refractivity (Wildman–Crippen MR) is 110 cm³/mol. The van der Waals surface area contributed by atoms with E-state index in [1.165, 1.54) is 18.3 Å². The molecule has 0 saturated heterocycles. The maximum Gasteiger partial charge on any atom is 0.344 e. The zero-order valence-corrected chi connectivity index (χ0v) is 17.3. The zero-order chi connectivity index (χ0) is 21.2. The van der Waals surface area contributed by atoms with Crippen LogP contribution >= 0.6 is 15.9 Å². The number of nitro groups is 1. The lowest BCUT2D eigenvalue weighted by Gasteiger charge is -2.14. The monoisotopic (exact) mass is 466 g/mol. The molecule has 0 aliphatic carbocycles. The molecule has 0 spiro atoms. The number of ether oxygens (including phenoxy) is 3. The van der Waals surface area contributed by atoms with Gasteiger partial charge in [-0.25, -0.2) is 9.78 Å². The average Bonchev–Trinajstić information content (AvgIpc) is 2.68. The molecule has 0 atom stereocenters. The summed E-state index contributed by atoms with van der Waals surface area (Å²) in [6.07, 6.45) is 2.66. The molecule has 154 valence electrons. The van der Waals surface area contributed by atoms with Gasteiger partial charge in [0.05, 0.1) is 28.8 Å². The Morgan fingerprint density at radius 3 is 2.72 bits per heavy atom. The number of halogens is 1. The topological polar surface area (TPSA) is 125 Å². The first-order chi connectivity index (χ1) is 13.9. The van der Waals surface area contributed by atoms with Gasteiger partial charge in [0.1, 0.15) is 12.0 Å². The smallest absolute Gasteiger partial charge is 0.344 e. The van der Waals surface area contributed by atoms with Crippen molar-refractivity contribution in [3.8, 4) is 11.5 Å². The number of aromatic nitrogens is 1. The lowest BCUT2D eigenvalue weighted by molar-refractivity contribution is -0.385. The number of nitrogens with zero attached hydrogens (tertiary/aromatic N) is 3. The molecule has 11 heteroatoms. The largest absolute Gasteiger partial charge is 0.490 e. The Bertz CT molecular complexity index is 889. The molecular formula is C18H19BrN4O6. The van der Waals surface area contributed by atoms with Crippen LogP contribution in [0, 0.1) is 10.1 Å². The molecule has 2 aromatic rings. The normalized spacial score (nSPS) is 10.6. The molecule has 0 unspecified atom stereocenters. The summed E-state index contributed by atoms with van der Waals surface area (Å²) >= 11 is 3.40. The summed E-state index contributed by atoms with van der Waals surface area (Å²) in [7, 11) is 0. The number of carbonyl (C=O) groups excluding carboxylic acids is 1. The van der Waals surface area contributed by atoms with Gasteiger partial charge in [-0.1, -0.05) is 0 Å². The summed E-state index contributed by atoms with van der Waals surface area (Å²) < 4.78 is 16.5. The highest BCUT2D eigenvalue weighted by Crippen LogP contribution is 2.36. The van der Waals surface area contributed by atoms with Gasteiger partial charge < -0.3 is 14.2 Å². The number of esters is 1. The molecule has 0 bridgehead atoms. The van der Waals surface area contributed by atoms with Crippen LogP contribution in [0.25, 0.3) is 0 Å². The van der Waals surface area contributed by atoms with Crippen LogP contribution < -0.4 is 14.9 Å². The summed E-state index contributed by atoms with van der Waals surface area (Å²) in [5.74, 6) is 0.681. The number of hydrogen-bond donors (Lipinski definition) is 1. The molecule has 0 radical (unpaired) electrons. The number of anilines is 1. The average molecular weight is 467 g/mol. The van der Waals surface area contributed by atoms with E-state index in [1.54, 1.807) is 19.1 Å². The highest BCUT2D eigenvalue weighted by Gasteiger charge is 2.14. The van der Waals surface area contributed by atoms with E-state index >= 15 is 0 Å². The number of nitrogens with one attached hydrogen (secondary N) is 1. The van der Waals surface area contributed by atoms with Crippen LogP contribution in [0.1, 0.15) is 19.4 Å². The molecule has 1 aromatic carbocycles. The maximum atomic E-state index is 11.5. The van der Waals surface area contributed by atoms with Gasteiger partial charge >= 0.3 is 5.97 Å². The first-order valence-corrected chi connectivity index (χ1v) is 9.38. The third kappa shape index (κ3) is 6.71. The van der Waals surface area contributed by atoms with Crippen molar-refractivity contribution in [1.82, 2.24) is 4.98 Å². The Hall–Kier alpha value is -3.21. The Morgan fingerprint density at radius 2 is 2.10 bits per heavy atom. The number of pyridine rings is 1. The van der Waals surface area contributed by atoms with Gasteiger partial charge in [-0.3, -0.25) is 15.5 Å². The molecule has 0 fully saturated rings. The Balaban J connectivity index is 2.11. The number of hydrazone groups is 1. The van der Waals surface area contributed by atoms with Crippen LogP contribution in [0.5, 0.6) is 11.5 Å². The van der Waals surface area contributed by atoms with Crippen molar-refractivity contribution in [3.05, 3.63) is 50.6 Å². The van der Waals surface area contributed by atoms with Crippen molar-refractivity contribution in [3.63, 3.8) is 0 Å². The molecule has 1 heterocycles. The predicted octanol–water partition coefficient (Wildman–Crippen LogP) is 3.54. The molecule has 0 saturated carbocycles. The van der Waals surface area contributed by atoms with Crippen LogP contribution in [-0.4, -0.2) is 41.9 Å². The van der Waals surface area contributed by atoms with Crippen LogP contribution in [0.15, 0.2) is 40.0 Å². The van der Waals surface area contributed by atoms with Crippen LogP contribution in [0.2, 0.25) is 0 Å². The minimum absolute atomic E-state index is 0.108. The second-order valence-electron chi connectivity index (χ2n) is 5.39. The third-order valence-electron chi connectivity index (χ3n) is 3.32. The Labute approximate surface area is 175 Å². The fourth-order valence-electron chi connectivity index (χ4n) is 2.13. The molecule has 1 N–H and O–H groups in total. The quantitative estimate of drug-likeness (QED) is 0.244. The van der Waals surface area contributed by atoms with Crippen molar-refractivity contribution in [1.29, 1.82) is 0 Å². The number of hydrogen-bond acceptors (Lipinski definition) is 9. The van der Waals surface area contributed by atoms with Gasteiger partial charge in [0.2, 0.25) is 0 Å². The summed E-state index contributed by atoms with van der Waals surface area (Å²) in [5.41, 5.74) is 3.26. The van der Waals surface area contributed by atoms with Crippen LogP contribution in [0.3, 0.4) is 0 Å². The van der Waals surface area contributed by atoms with Gasteiger partial charge in [-0.2, -0.15) is 5.10 Å². The van der Waals surface area contributed by atoms with Crippen LogP contribution in [-0.2, 0) is 9.53 Å². The summed E-state index contributed by atoms with van der Waals surface area (Å²) in [6, 6.07) is 6.20. The fraction of sp³-hybridized carbons (Fsp3) is 0.278. The van der Waals surface area contributed by atoms with E-state index in [2.05, 4.69) is 31.4 Å². The van der Waals surface area contributed by atoms with Gasteiger partial charge in [-0.15, -0.1) is 0 Å². The van der Waals surface area contributed by atoms with Gasteiger partial charge in [0, 0.05) is 6.07 Å². The minimum atomic E-state index is -0.529. The maximum absolute atomic E-state index is 11.5. The summed E-state index contributed by atoms with van der Waals surface area (Å²) in [5, 5.41) is 14.7. The van der Waals surface area contributed by atoms with Gasteiger partial charge in [-0.05, 0) is 53.5 Å². The second kappa shape index (κ2) is 11.0. The number of rotatable bonds is 10. The standard InChI is InChI=1S/C18H19BrN4O6/c1-3-27-15-8-12(7-14(19)18(15)29-11-17(24)28-4-2)9-21-22-16-6-5-13(10-20-16)23(25)26/h5-10H,3-4,11H2,1-2H3,(H,20,22). The van der Waals surface area contributed by atoms with Crippen molar-refractivity contribution in [2.75, 3.05) is 25.2 Å². The highest BCUT2D eigenvalue weighted by molar-refractivity contribution is 9.10. The van der Waals surface area contributed by atoms with Gasteiger partial charge in [0.25, 0.3) is 5.69 Å². The van der Waals surface area contributed by atoms with E-state index in [0.29, 0.717) is 34.0 Å². The van der Waals surface area contributed by atoms with E-state index < -0.39 is 10.9 Å². The number of benzene rings is 1. The highest BCUT2D eigenvalue weighted by atomic mass is 79.9. The SMILES string of the molecule is CCOC(=O)COc1c(Br)cc(C=NNc2ccc([N+](=O)[O-])cn2)cc1OCC. The van der Waals surface area contributed by atoms with Crippen molar-refractivity contribution >= 4 is 39.6 Å². The fourth-order valence-corrected chi connectivity index (χ4v) is 2.71. The van der Waals surface area contributed by atoms with E-state index in [-0.39, 0.29) is 18.9 Å². The first-order valence-electron chi connectivity index (χ1n) is 8.58. The van der Waals surface area contributed by atoms with Crippen LogP contribution in [0.4, 0.5) is 11.5 Å². The molecule has 0 aliphatic rings. The molecule has 10 nitrogen and oxygen atoms in total. The third-order valence-corrected chi connectivity index (χ3v) is 3.91. The van der Waals surface area contributed by atoms with Crippen molar-refractivity contribution < 1.29 is 23.9 Å². The minimum Gasteiger partial charge on any atom is -0.490 e. The van der Waals surface area contributed by atoms with E-state index in [4.69, 9.17) is 14.2 Å². The second-order valence-corrected chi connectivity index (χ2v) is 6.24. The summed E-state index contributed by atoms with van der Waals surface area (Å²) in [6.45, 7) is 3.97. The zero-order valence-electron chi connectivity index (χ0n) is 15.8. The first kappa shape index (κ1) is 22.1. The van der Waals surface area contributed by atoms with Crippen molar-refractivity contribution in [2.24, 2.45) is 5.10 Å². The van der Waals surface area contributed by atoms with E-state index in [0.717, 1.165) is 6.20 Å². The lowest BCUT2D eigenvalue weighted by Crippen LogP contribution is -2.15.